The molecule has 0 saturated carbocycles. The highest BCUT2D eigenvalue weighted by Crippen LogP contribution is 2.10. The topological polar surface area (TPSA) is 37.0 Å². The second-order valence-corrected chi connectivity index (χ2v) is 5.46. The molecule has 0 bridgehead atoms. The number of aryl methyl sites for hydroxylation is 2. The van der Waals surface area contributed by atoms with Crippen LogP contribution in [0.15, 0.2) is 42.6 Å². The fourth-order valence-corrected chi connectivity index (χ4v) is 2.33. The molecule has 2 aromatic rings. The predicted molar refractivity (Wildman–Crippen MR) is 89.6 cm³/mol. The molecule has 3 nitrogen and oxygen atoms in total. The SMILES string of the molecule is Cc1ccc(CNCCCCNc2ccccn2)c(C)c1. The third kappa shape index (κ3) is 5.56. The summed E-state index contributed by atoms with van der Waals surface area (Å²) in [6.45, 7) is 7.30. The maximum absolute atomic E-state index is 4.24. The van der Waals surface area contributed by atoms with Gasteiger partial charge in [0.15, 0.2) is 0 Å². The van der Waals surface area contributed by atoms with Gasteiger partial charge in [0.25, 0.3) is 0 Å². The van der Waals surface area contributed by atoms with Crippen molar-refractivity contribution in [1.82, 2.24) is 10.3 Å². The maximum atomic E-state index is 4.24. The van der Waals surface area contributed by atoms with Crippen LogP contribution in [0.5, 0.6) is 0 Å². The van der Waals surface area contributed by atoms with Crippen molar-refractivity contribution >= 4 is 5.82 Å². The standard InChI is InChI=1S/C18H25N3/c1-15-8-9-17(16(2)13-15)14-19-10-5-6-12-21-18-7-3-4-11-20-18/h3-4,7-9,11,13,19H,5-6,10,12,14H2,1-2H3,(H,20,21). The summed E-state index contributed by atoms with van der Waals surface area (Å²) in [6.07, 6.45) is 4.13. The van der Waals surface area contributed by atoms with E-state index in [0.29, 0.717) is 0 Å². The highest BCUT2D eigenvalue weighted by Gasteiger charge is 1.98. The first-order valence-electron chi connectivity index (χ1n) is 7.67. The van der Waals surface area contributed by atoms with Crippen LogP contribution >= 0.6 is 0 Å². The van der Waals surface area contributed by atoms with Gasteiger partial charge in [-0.25, -0.2) is 4.98 Å². The Morgan fingerprint density at radius 2 is 1.86 bits per heavy atom. The van der Waals surface area contributed by atoms with E-state index in [4.69, 9.17) is 0 Å². The number of rotatable bonds is 8. The van der Waals surface area contributed by atoms with Gasteiger partial charge >= 0.3 is 0 Å². The number of hydrogen-bond donors (Lipinski definition) is 2. The molecule has 0 fully saturated rings. The van der Waals surface area contributed by atoms with Crippen molar-refractivity contribution in [2.24, 2.45) is 0 Å². The van der Waals surface area contributed by atoms with Crippen molar-refractivity contribution in [3.8, 4) is 0 Å². The molecular formula is C18H25N3. The number of nitrogens with zero attached hydrogens (tertiary/aromatic N) is 1. The van der Waals surface area contributed by atoms with E-state index >= 15 is 0 Å². The van der Waals surface area contributed by atoms with Crippen LogP contribution in [0.4, 0.5) is 5.82 Å². The third-order valence-electron chi connectivity index (χ3n) is 3.56. The molecule has 112 valence electrons. The van der Waals surface area contributed by atoms with E-state index in [1.807, 2.05) is 24.4 Å². The molecule has 1 heterocycles. The maximum Gasteiger partial charge on any atom is 0.125 e. The first-order chi connectivity index (χ1) is 10.3. The minimum Gasteiger partial charge on any atom is -0.370 e. The summed E-state index contributed by atoms with van der Waals surface area (Å²) in [4.78, 5) is 4.24. The van der Waals surface area contributed by atoms with Crippen LogP contribution in [-0.2, 0) is 6.54 Å². The molecule has 0 aliphatic rings. The Balaban J connectivity index is 1.56. The largest absolute Gasteiger partial charge is 0.370 e. The van der Waals surface area contributed by atoms with Crippen LogP contribution < -0.4 is 10.6 Å². The number of anilines is 1. The van der Waals surface area contributed by atoms with Crippen LogP contribution in [0.3, 0.4) is 0 Å². The summed E-state index contributed by atoms with van der Waals surface area (Å²) in [5.41, 5.74) is 4.10. The monoisotopic (exact) mass is 283 g/mol. The Kier molecular flexibility index (Phi) is 6.22. The molecule has 1 aromatic carbocycles. The third-order valence-corrected chi connectivity index (χ3v) is 3.56. The molecule has 0 aliphatic heterocycles. The van der Waals surface area contributed by atoms with E-state index in [1.54, 1.807) is 0 Å². The number of pyridine rings is 1. The second kappa shape index (κ2) is 8.42. The Bertz CT molecular complexity index is 537. The fraction of sp³-hybridized carbons (Fsp3) is 0.389. The van der Waals surface area contributed by atoms with Crippen molar-refractivity contribution in [3.63, 3.8) is 0 Å². The summed E-state index contributed by atoms with van der Waals surface area (Å²) in [6, 6.07) is 12.6. The number of hydrogen-bond acceptors (Lipinski definition) is 3. The van der Waals surface area contributed by atoms with E-state index in [9.17, 15) is 0 Å². The summed E-state index contributed by atoms with van der Waals surface area (Å²) in [5, 5.41) is 6.85. The van der Waals surface area contributed by atoms with E-state index < -0.39 is 0 Å². The van der Waals surface area contributed by atoms with Crippen molar-refractivity contribution in [1.29, 1.82) is 0 Å². The number of aromatic nitrogens is 1. The van der Waals surface area contributed by atoms with Gasteiger partial charge in [0.2, 0.25) is 0 Å². The lowest BCUT2D eigenvalue weighted by Gasteiger charge is -2.09. The summed E-state index contributed by atoms with van der Waals surface area (Å²) in [7, 11) is 0. The van der Waals surface area contributed by atoms with Gasteiger partial charge in [0, 0.05) is 19.3 Å². The van der Waals surface area contributed by atoms with E-state index in [1.165, 1.54) is 23.1 Å². The second-order valence-electron chi connectivity index (χ2n) is 5.46. The fourth-order valence-electron chi connectivity index (χ4n) is 2.33. The lowest BCUT2D eigenvalue weighted by atomic mass is 10.1. The highest BCUT2D eigenvalue weighted by molar-refractivity contribution is 5.32. The predicted octanol–water partition coefficient (Wildman–Crippen LogP) is 3.68. The highest BCUT2D eigenvalue weighted by atomic mass is 15.0. The Labute approximate surface area is 127 Å². The van der Waals surface area contributed by atoms with Crippen molar-refractivity contribution in [3.05, 3.63) is 59.3 Å². The van der Waals surface area contributed by atoms with Crippen LogP contribution in [0.1, 0.15) is 29.5 Å². The van der Waals surface area contributed by atoms with Crippen molar-refractivity contribution in [2.45, 2.75) is 33.2 Å². The van der Waals surface area contributed by atoms with Crippen molar-refractivity contribution in [2.75, 3.05) is 18.4 Å². The molecule has 0 saturated heterocycles. The Hall–Kier alpha value is -1.87. The zero-order valence-electron chi connectivity index (χ0n) is 13.0. The molecule has 2 N–H and O–H groups in total. The van der Waals surface area contributed by atoms with Gasteiger partial charge in [-0.1, -0.05) is 29.8 Å². The van der Waals surface area contributed by atoms with Gasteiger partial charge < -0.3 is 10.6 Å². The lowest BCUT2D eigenvalue weighted by molar-refractivity contribution is 0.631. The van der Waals surface area contributed by atoms with Crippen LogP contribution in [0, 0.1) is 13.8 Å². The molecule has 0 unspecified atom stereocenters. The lowest BCUT2D eigenvalue weighted by Crippen LogP contribution is -2.16. The summed E-state index contributed by atoms with van der Waals surface area (Å²) < 4.78 is 0. The number of nitrogens with one attached hydrogen (secondary N) is 2. The van der Waals surface area contributed by atoms with Gasteiger partial charge in [-0.15, -0.1) is 0 Å². The summed E-state index contributed by atoms with van der Waals surface area (Å²) >= 11 is 0. The molecule has 0 spiro atoms. The quantitative estimate of drug-likeness (QED) is 0.726. The van der Waals surface area contributed by atoms with Crippen LogP contribution in [-0.4, -0.2) is 18.1 Å². The molecule has 21 heavy (non-hydrogen) atoms. The molecule has 0 aliphatic carbocycles. The Morgan fingerprint density at radius 3 is 2.62 bits per heavy atom. The van der Waals surface area contributed by atoms with Gasteiger partial charge in [-0.2, -0.15) is 0 Å². The van der Waals surface area contributed by atoms with Crippen molar-refractivity contribution < 1.29 is 0 Å². The summed E-state index contributed by atoms with van der Waals surface area (Å²) in [5.74, 6) is 0.959. The van der Waals surface area contributed by atoms with E-state index in [2.05, 4.69) is 47.7 Å². The molecule has 0 atom stereocenters. The number of unbranched alkanes of at least 4 members (excludes halogenated alkanes) is 1. The minimum absolute atomic E-state index is 0.958. The first-order valence-corrected chi connectivity index (χ1v) is 7.67. The Morgan fingerprint density at radius 1 is 1.00 bits per heavy atom. The molecule has 3 heteroatoms. The van der Waals surface area contributed by atoms with E-state index in [-0.39, 0.29) is 0 Å². The normalized spacial score (nSPS) is 10.6. The van der Waals surface area contributed by atoms with Gasteiger partial charge in [-0.3, -0.25) is 0 Å². The van der Waals surface area contributed by atoms with Crippen LogP contribution in [0.2, 0.25) is 0 Å². The number of benzene rings is 1. The molecule has 0 radical (unpaired) electrons. The van der Waals surface area contributed by atoms with E-state index in [0.717, 1.165) is 31.9 Å². The van der Waals surface area contributed by atoms with Gasteiger partial charge in [-0.05, 0) is 56.5 Å². The molecule has 0 amide bonds. The smallest absolute Gasteiger partial charge is 0.125 e. The zero-order valence-corrected chi connectivity index (χ0v) is 13.0. The van der Waals surface area contributed by atoms with Gasteiger partial charge in [0.05, 0.1) is 0 Å². The van der Waals surface area contributed by atoms with Crippen LogP contribution in [0.25, 0.3) is 0 Å². The molecular weight excluding hydrogens is 258 g/mol. The minimum atomic E-state index is 0.958. The average molecular weight is 283 g/mol. The average Bonchev–Trinajstić information content (AvgIpc) is 2.49. The zero-order chi connectivity index (χ0) is 14.9. The first kappa shape index (κ1) is 15.5. The molecule has 2 rings (SSSR count). The molecule has 1 aromatic heterocycles. The van der Waals surface area contributed by atoms with Gasteiger partial charge in [0.1, 0.15) is 5.82 Å².